The highest BCUT2D eigenvalue weighted by Gasteiger charge is 2.11. The summed E-state index contributed by atoms with van der Waals surface area (Å²) in [6.07, 6.45) is 4.75. The van der Waals surface area contributed by atoms with Crippen LogP contribution in [0.5, 0.6) is 0 Å². The van der Waals surface area contributed by atoms with Crippen LogP contribution >= 0.6 is 0 Å². The lowest BCUT2D eigenvalue weighted by molar-refractivity contribution is 0.102. The van der Waals surface area contributed by atoms with Crippen LogP contribution in [0.1, 0.15) is 27.3 Å². The number of rotatable bonds is 5. The summed E-state index contributed by atoms with van der Waals surface area (Å²) in [6.45, 7) is 4.46. The predicted molar refractivity (Wildman–Crippen MR) is 97.5 cm³/mol. The van der Waals surface area contributed by atoms with E-state index in [1.165, 1.54) is 6.20 Å². The molecule has 0 fully saturated rings. The van der Waals surface area contributed by atoms with Gasteiger partial charge in [-0.3, -0.25) is 9.78 Å². The van der Waals surface area contributed by atoms with E-state index in [2.05, 4.69) is 25.6 Å². The van der Waals surface area contributed by atoms with Crippen molar-refractivity contribution in [1.29, 1.82) is 0 Å². The van der Waals surface area contributed by atoms with Gasteiger partial charge in [0.2, 0.25) is 0 Å². The average Bonchev–Trinajstić information content (AvgIpc) is 2.64. The third kappa shape index (κ3) is 4.17. The van der Waals surface area contributed by atoms with Gasteiger partial charge in [-0.15, -0.1) is 0 Å². The minimum absolute atomic E-state index is 0.269. The van der Waals surface area contributed by atoms with Crippen LogP contribution < -0.4 is 10.6 Å². The van der Waals surface area contributed by atoms with Gasteiger partial charge in [0, 0.05) is 11.9 Å². The zero-order valence-corrected chi connectivity index (χ0v) is 14.2. The normalized spacial score (nSPS) is 10.3. The topological polar surface area (TPSA) is 79.8 Å². The fourth-order valence-corrected chi connectivity index (χ4v) is 2.41. The molecule has 6 nitrogen and oxygen atoms in total. The van der Waals surface area contributed by atoms with Gasteiger partial charge >= 0.3 is 0 Å². The summed E-state index contributed by atoms with van der Waals surface area (Å²) in [7, 11) is 0. The molecule has 2 N–H and O–H groups in total. The fraction of sp³-hybridized carbons (Fsp3) is 0.158. The van der Waals surface area contributed by atoms with Gasteiger partial charge in [-0.1, -0.05) is 24.3 Å². The Kier molecular flexibility index (Phi) is 4.99. The number of carbonyl (C=O) groups excluding carboxylic acids is 1. The number of hydrogen-bond acceptors (Lipinski definition) is 5. The minimum atomic E-state index is -0.277. The lowest BCUT2D eigenvalue weighted by Crippen LogP contribution is -2.16. The molecule has 0 atom stereocenters. The Hall–Kier alpha value is -3.28. The van der Waals surface area contributed by atoms with E-state index in [-0.39, 0.29) is 11.6 Å². The van der Waals surface area contributed by atoms with Crippen LogP contribution in [-0.4, -0.2) is 20.9 Å². The summed E-state index contributed by atoms with van der Waals surface area (Å²) >= 11 is 0. The Balaban J connectivity index is 1.64. The molecule has 0 bridgehead atoms. The van der Waals surface area contributed by atoms with Crippen LogP contribution in [0.25, 0.3) is 0 Å². The van der Waals surface area contributed by atoms with Gasteiger partial charge in [0.05, 0.1) is 24.6 Å². The molecular formula is C19H19N5O. The molecule has 1 amide bonds. The molecule has 126 valence electrons. The maximum Gasteiger partial charge on any atom is 0.275 e. The third-order valence-electron chi connectivity index (χ3n) is 3.78. The fourth-order valence-electron chi connectivity index (χ4n) is 2.41. The highest BCUT2D eigenvalue weighted by molar-refractivity contribution is 6.03. The number of para-hydroxylation sites is 1. The van der Waals surface area contributed by atoms with Crippen molar-refractivity contribution < 1.29 is 4.79 Å². The number of amides is 1. The van der Waals surface area contributed by atoms with E-state index in [0.29, 0.717) is 12.4 Å². The van der Waals surface area contributed by atoms with Crippen LogP contribution in [0.2, 0.25) is 0 Å². The molecule has 0 saturated carbocycles. The molecule has 0 saturated heterocycles. The number of aromatic nitrogens is 3. The number of carbonyl (C=O) groups is 1. The van der Waals surface area contributed by atoms with Gasteiger partial charge in [-0.2, -0.15) is 0 Å². The first-order chi connectivity index (χ1) is 12.1. The summed E-state index contributed by atoms with van der Waals surface area (Å²) in [5.74, 6) is 0.315. The number of nitrogens with one attached hydrogen (secondary N) is 2. The van der Waals surface area contributed by atoms with Gasteiger partial charge < -0.3 is 10.6 Å². The largest absolute Gasteiger partial charge is 0.363 e. The highest BCUT2D eigenvalue weighted by Crippen LogP contribution is 2.20. The average molecular weight is 333 g/mol. The number of anilines is 2. The molecule has 6 heteroatoms. The SMILES string of the molecule is Cc1cccc(C)c1NC(=O)c1cnc(NCc2ccccn2)cn1. The van der Waals surface area contributed by atoms with Gasteiger partial charge in [0.1, 0.15) is 11.5 Å². The van der Waals surface area contributed by atoms with Crippen molar-refractivity contribution in [1.82, 2.24) is 15.0 Å². The second kappa shape index (κ2) is 7.53. The highest BCUT2D eigenvalue weighted by atomic mass is 16.1. The summed E-state index contributed by atoms with van der Waals surface area (Å²) < 4.78 is 0. The van der Waals surface area contributed by atoms with Crippen molar-refractivity contribution >= 4 is 17.4 Å². The van der Waals surface area contributed by atoms with Crippen molar-refractivity contribution in [3.8, 4) is 0 Å². The first-order valence-electron chi connectivity index (χ1n) is 7.97. The van der Waals surface area contributed by atoms with Gasteiger partial charge in [0.15, 0.2) is 0 Å². The number of pyridine rings is 1. The van der Waals surface area contributed by atoms with E-state index in [9.17, 15) is 4.79 Å². The van der Waals surface area contributed by atoms with Crippen molar-refractivity contribution in [3.05, 3.63) is 77.5 Å². The number of nitrogens with zero attached hydrogens (tertiary/aromatic N) is 3. The van der Waals surface area contributed by atoms with Gasteiger partial charge in [-0.25, -0.2) is 9.97 Å². The minimum Gasteiger partial charge on any atom is -0.363 e. The Morgan fingerprint density at radius 2 is 1.76 bits per heavy atom. The molecule has 0 aliphatic heterocycles. The van der Waals surface area contributed by atoms with Gasteiger partial charge in [0.25, 0.3) is 5.91 Å². The van der Waals surface area contributed by atoms with E-state index in [1.807, 2.05) is 50.2 Å². The zero-order chi connectivity index (χ0) is 17.6. The molecule has 0 unspecified atom stereocenters. The molecule has 2 heterocycles. The smallest absolute Gasteiger partial charge is 0.275 e. The van der Waals surface area contributed by atoms with E-state index in [4.69, 9.17) is 0 Å². The van der Waals surface area contributed by atoms with Crippen molar-refractivity contribution in [2.24, 2.45) is 0 Å². The molecular weight excluding hydrogens is 314 g/mol. The van der Waals surface area contributed by atoms with Crippen LogP contribution in [-0.2, 0) is 6.54 Å². The summed E-state index contributed by atoms with van der Waals surface area (Å²) in [4.78, 5) is 25.0. The Morgan fingerprint density at radius 1 is 0.960 bits per heavy atom. The number of hydrogen-bond donors (Lipinski definition) is 2. The quantitative estimate of drug-likeness (QED) is 0.748. The summed E-state index contributed by atoms with van der Waals surface area (Å²) in [5, 5.41) is 6.03. The number of aryl methyl sites for hydroxylation is 2. The van der Waals surface area contributed by atoms with Crippen LogP contribution in [0.4, 0.5) is 11.5 Å². The molecule has 0 aliphatic rings. The lowest BCUT2D eigenvalue weighted by Gasteiger charge is -2.11. The molecule has 0 spiro atoms. The maximum atomic E-state index is 12.4. The molecule has 3 rings (SSSR count). The van der Waals surface area contributed by atoms with Crippen LogP contribution in [0, 0.1) is 13.8 Å². The summed E-state index contributed by atoms with van der Waals surface area (Å²) in [5.41, 5.74) is 4.00. The van der Waals surface area contributed by atoms with Crippen LogP contribution in [0.15, 0.2) is 55.0 Å². The van der Waals surface area contributed by atoms with Crippen molar-refractivity contribution in [3.63, 3.8) is 0 Å². The van der Waals surface area contributed by atoms with Crippen molar-refractivity contribution in [2.45, 2.75) is 20.4 Å². The monoisotopic (exact) mass is 333 g/mol. The maximum absolute atomic E-state index is 12.4. The standard InChI is InChI=1S/C19H19N5O/c1-13-6-5-7-14(2)18(13)24-19(25)16-11-23-17(12-21-16)22-10-15-8-3-4-9-20-15/h3-9,11-12H,10H2,1-2H3,(H,22,23)(H,24,25). The molecule has 3 aromatic rings. The Morgan fingerprint density at radius 3 is 2.40 bits per heavy atom. The summed E-state index contributed by atoms with van der Waals surface area (Å²) in [6, 6.07) is 11.6. The number of benzene rings is 1. The zero-order valence-electron chi connectivity index (χ0n) is 14.2. The predicted octanol–water partition coefficient (Wildman–Crippen LogP) is 3.35. The van der Waals surface area contributed by atoms with Crippen LogP contribution in [0.3, 0.4) is 0 Å². The second-order valence-corrected chi connectivity index (χ2v) is 5.68. The molecule has 2 aromatic heterocycles. The van der Waals surface area contributed by atoms with Gasteiger partial charge in [-0.05, 0) is 37.1 Å². The first-order valence-corrected chi connectivity index (χ1v) is 7.97. The molecule has 0 aliphatic carbocycles. The second-order valence-electron chi connectivity index (χ2n) is 5.68. The van der Waals surface area contributed by atoms with Crippen molar-refractivity contribution in [2.75, 3.05) is 10.6 Å². The Bertz CT molecular complexity index is 842. The van der Waals surface area contributed by atoms with E-state index >= 15 is 0 Å². The van der Waals surface area contributed by atoms with E-state index in [1.54, 1.807) is 12.4 Å². The third-order valence-corrected chi connectivity index (χ3v) is 3.78. The molecule has 0 radical (unpaired) electrons. The first kappa shape index (κ1) is 16.6. The molecule has 1 aromatic carbocycles. The lowest BCUT2D eigenvalue weighted by atomic mass is 10.1. The molecule has 25 heavy (non-hydrogen) atoms. The Labute approximate surface area is 146 Å². The van der Waals surface area contributed by atoms with E-state index < -0.39 is 0 Å². The van der Waals surface area contributed by atoms with E-state index in [0.717, 1.165) is 22.5 Å².